The smallest absolute Gasteiger partial charge is 0.258 e. The highest BCUT2D eigenvalue weighted by Gasteiger charge is 2.01. The molecule has 0 spiro atoms. The van der Waals surface area contributed by atoms with Gasteiger partial charge >= 0.3 is 0 Å². The number of pyridine rings is 1. The van der Waals surface area contributed by atoms with Crippen molar-refractivity contribution < 1.29 is 14.6 Å². The maximum Gasteiger partial charge on any atom is 0.258 e. The minimum absolute atomic E-state index is 0.0792. The minimum Gasteiger partial charge on any atom is -0.482 e. The van der Waals surface area contributed by atoms with E-state index in [1.165, 1.54) is 6.20 Å². The first-order valence-electron chi connectivity index (χ1n) is 4.33. The highest BCUT2D eigenvalue weighted by Crippen LogP contribution is 2.15. The second-order valence-corrected chi connectivity index (χ2v) is 3.62. The molecule has 0 fully saturated rings. The van der Waals surface area contributed by atoms with E-state index in [1.54, 1.807) is 12.3 Å². The Morgan fingerprint density at radius 1 is 1.60 bits per heavy atom. The van der Waals surface area contributed by atoms with Gasteiger partial charge in [0, 0.05) is 17.2 Å². The summed E-state index contributed by atoms with van der Waals surface area (Å²) in [6, 6.07) is 1.71. The third kappa shape index (κ3) is 4.75. The average Bonchev–Trinajstić information content (AvgIpc) is 2.23. The number of aliphatic hydroxyl groups is 1. The molecular formula is C9H11BrN2O3. The van der Waals surface area contributed by atoms with Crippen LogP contribution < -0.4 is 10.1 Å². The number of nitrogens with one attached hydrogen (secondary N) is 1. The fourth-order valence-electron chi connectivity index (χ4n) is 0.867. The molecule has 0 radical (unpaired) electrons. The van der Waals surface area contributed by atoms with Crippen molar-refractivity contribution in [3.8, 4) is 5.75 Å². The van der Waals surface area contributed by atoms with Gasteiger partial charge in [-0.2, -0.15) is 0 Å². The van der Waals surface area contributed by atoms with Crippen LogP contribution in [0.3, 0.4) is 0 Å². The van der Waals surface area contributed by atoms with Crippen LogP contribution in [-0.2, 0) is 4.79 Å². The lowest BCUT2D eigenvalue weighted by Crippen LogP contribution is -2.31. The molecule has 0 aliphatic rings. The van der Waals surface area contributed by atoms with Gasteiger partial charge in [-0.25, -0.2) is 0 Å². The van der Waals surface area contributed by atoms with Crippen LogP contribution in [0.15, 0.2) is 22.9 Å². The summed E-state index contributed by atoms with van der Waals surface area (Å²) < 4.78 is 5.95. The van der Waals surface area contributed by atoms with Gasteiger partial charge in [0.15, 0.2) is 6.61 Å². The Bertz CT molecular complexity index is 333. The van der Waals surface area contributed by atoms with Crippen molar-refractivity contribution >= 4 is 21.8 Å². The third-order valence-corrected chi connectivity index (χ3v) is 1.92. The van der Waals surface area contributed by atoms with Crippen molar-refractivity contribution in [1.82, 2.24) is 10.3 Å². The molecule has 0 saturated carbocycles. The van der Waals surface area contributed by atoms with E-state index in [4.69, 9.17) is 9.84 Å². The van der Waals surface area contributed by atoms with Gasteiger partial charge < -0.3 is 15.2 Å². The van der Waals surface area contributed by atoms with Gasteiger partial charge in [0.2, 0.25) is 0 Å². The Morgan fingerprint density at radius 2 is 2.40 bits per heavy atom. The lowest BCUT2D eigenvalue weighted by molar-refractivity contribution is -0.123. The molecule has 1 rings (SSSR count). The number of rotatable bonds is 5. The molecule has 1 aromatic heterocycles. The molecule has 0 saturated heterocycles. The largest absolute Gasteiger partial charge is 0.482 e. The highest BCUT2D eigenvalue weighted by molar-refractivity contribution is 9.10. The normalized spacial score (nSPS) is 9.73. The topological polar surface area (TPSA) is 71.5 Å². The van der Waals surface area contributed by atoms with Gasteiger partial charge in [-0.15, -0.1) is 0 Å². The zero-order chi connectivity index (χ0) is 11.1. The molecular weight excluding hydrogens is 264 g/mol. The number of halogens is 1. The Morgan fingerprint density at radius 3 is 3.07 bits per heavy atom. The second kappa shape index (κ2) is 6.36. The first-order chi connectivity index (χ1) is 7.22. The number of hydrogen-bond donors (Lipinski definition) is 2. The molecule has 0 atom stereocenters. The molecule has 0 unspecified atom stereocenters. The van der Waals surface area contributed by atoms with Crippen LogP contribution in [0.25, 0.3) is 0 Å². The van der Waals surface area contributed by atoms with Crippen molar-refractivity contribution in [3.63, 3.8) is 0 Å². The number of ether oxygens (including phenoxy) is 1. The lowest BCUT2D eigenvalue weighted by atomic mass is 10.4. The molecule has 0 aromatic carbocycles. The molecule has 1 aromatic rings. The van der Waals surface area contributed by atoms with Crippen LogP contribution in [0, 0.1) is 0 Å². The van der Waals surface area contributed by atoms with Crippen LogP contribution in [0.5, 0.6) is 5.75 Å². The van der Waals surface area contributed by atoms with Crippen LogP contribution in [0.2, 0.25) is 0 Å². The molecule has 0 bridgehead atoms. The number of carbonyl (C=O) groups is 1. The van der Waals surface area contributed by atoms with Crippen molar-refractivity contribution in [2.75, 3.05) is 19.8 Å². The van der Waals surface area contributed by atoms with E-state index in [0.29, 0.717) is 5.75 Å². The van der Waals surface area contributed by atoms with Gasteiger partial charge in [-0.05, 0) is 22.0 Å². The Hall–Kier alpha value is -1.14. The van der Waals surface area contributed by atoms with Gasteiger partial charge in [-0.1, -0.05) is 0 Å². The summed E-state index contributed by atoms with van der Waals surface area (Å²) in [4.78, 5) is 15.0. The van der Waals surface area contributed by atoms with Crippen molar-refractivity contribution in [2.24, 2.45) is 0 Å². The fraction of sp³-hybridized carbons (Fsp3) is 0.333. The number of amides is 1. The molecule has 1 amide bonds. The van der Waals surface area contributed by atoms with E-state index in [-0.39, 0.29) is 25.7 Å². The molecule has 2 N–H and O–H groups in total. The zero-order valence-corrected chi connectivity index (χ0v) is 9.53. The van der Waals surface area contributed by atoms with Crippen molar-refractivity contribution in [1.29, 1.82) is 0 Å². The van der Waals surface area contributed by atoms with E-state index in [1.807, 2.05) is 0 Å². The summed E-state index contributed by atoms with van der Waals surface area (Å²) in [5.41, 5.74) is 0. The summed E-state index contributed by atoms with van der Waals surface area (Å²) in [5.74, 6) is 0.243. The number of hydrogen-bond acceptors (Lipinski definition) is 4. The Labute approximate surface area is 95.6 Å². The summed E-state index contributed by atoms with van der Waals surface area (Å²) in [7, 11) is 0. The zero-order valence-electron chi connectivity index (χ0n) is 7.94. The fourth-order valence-corrected chi connectivity index (χ4v) is 1.21. The standard InChI is InChI=1S/C9H11BrN2O3/c10-7-3-8(5-11-4-7)15-6-9(14)12-1-2-13/h3-5,13H,1-2,6H2,(H,12,14). The summed E-state index contributed by atoms with van der Waals surface area (Å²) in [6.45, 7) is 0.0707. The monoisotopic (exact) mass is 274 g/mol. The first kappa shape index (κ1) is 11.9. The average molecular weight is 275 g/mol. The summed E-state index contributed by atoms with van der Waals surface area (Å²) >= 11 is 3.23. The van der Waals surface area contributed by atoms with Gasteiger partial charge in [0.25, 0.3) is 5.91 Å². The van der Waals surface area contributed by atoms with Crippen molar-refractivity contribution in [3.05, 3.63) is 22.9 Å². The number of aliphatic hydroxyl groups excluding tert-OH is 1. The molecule has 6 heteroatoms. The third-order valence-electron chi connectivity index (χ3n) is 1.48. The van der Waals surface area contributed by atoms with Gasteiger partial charge in [-0.3, -0.25) is 9.78 Å². The number of aromatic nitrogens is 1. The summed E-state index contributed by atoms with van der Waals surface area (Å²) in [6.07, 6.45) is 3.14. The second-order valence-electron chi connectivity index (χ2n) is 2.70. The van der Waals surface area contributed by atoms with Crippen LogP contribution in [-0.4, -0.2) is 35.8 Å². The van der Waals surface area contributed by atoms with E-state index in [9.17, 15) is 4.79 Å². The highest BCUT2D eigenvalue weighted by atomic mass is 79.9. The van der Waals surface area contributed by atoms with Crippen molar-refractivity contribution in [2.45, 2.75) is 0 Å². The van der Waals surface area contributed by atoms with Crippen LogP contribution in [0.4, 0.5) is 0 Å². The van der Waals surface area contributed by atoms with Crippen LogP contribution >= 0.6 is 15.9 Å². The Balaban J connectivity index is 2.33. The maximum atomic E-state index is 11.1. The number of nitrogens with zero attached hydrogens (tertiary/aromatic N) is 1. The van der Waals surface area contributed by atoms with E-state index < -0.39 is 0 Å². The van der Waals surface area contributed by atoms with E-state index >= 15 is 0 Å². The molecule has 15 heavy (non-hydrogen) atoms. The molecule has 0 aliphatic heterocycles. The molecule has 82 valence electrons. The lowest BCUT2D eigenvalue weighted by Gasteiger charge is -2.05. The van der Waals surface area contributed by atoms with E-state index in [0.717, 1.165) is 4.47 Å². The first-order valence-corrected chi connectivity index (χ1v) is 5.12. The predicted molar refractivity (Wildman–Crippen MR) is 57.5 cm³/mol. The van der Waals surface area contributed by atoms with Gasteiger partial charge in [0.1, 0.15) is 5.75 Å². The summed E-state index contributed by atoms with van der Waals surface area (Å²) in [5, 5.41) is 10.9. The predicted octanol–water partition coefficient (Wildman–Crippen LogP) is 0.331. The van der Waals surface area contributed by atoms with Gasteiger partial charge in [0.05, 0.1) is 12.8 Å². The SMILES string of the molecule is O=C(COc1cncc(Br)c1)NCCO. The number of carbonyl (C=O) groups excluding carboxylic acids is 1. The molecule has 5 nitrogen and oxygen atoms in total. The quantitative estimate of drug-likeness (QED) is 0.812. The maximum absolute atomic E-state index is 11.1. The Kier molecular flexibility index (Phi) is 5.06. The van der Waals surface area contributed by atoms with E-state index in [2.05, 4.69) is 26.2 Å². The molecule has 1 heterocycles. The van der Waals surface area contributed by atoms with Crippen LogP contribution in [0.1, 0.15) is 0 Å². The molecule has 0 aliphatic carbocycles. The minimum atomic E-state index is -0.274.